The summed E-state index contributed by atoms with van der Waals surface area (Å²) in [5, 5.41) is 6.62. The van der Waals surface area contributed by atoms with E-state index in [1.165, 1.54) is 25.7 Å². The van der Waals surface area contributed by atoms with Crippen LogP contribution < -0.4 is 10.6 Å². The van der Waals surface area contributed by atoms with Gasteiger partial charge in [0, 0.05) is 26.2 Å². The van der Waals surface area contributed by atoms with Gasteiger partial charge in [0.25, 0.3) is 0 Å². The Labute approximate surface area is 153 Å². The Morgan fingerprint density at radius 3 is 2.70 bits per heavy atom. The average Bonchev–Trinajstić information content (AvgIpc) is 2.93. The molecule has 0 spiro atoms. The molecular weight excluding hydrogens is 337 g/mol. The second-order valence-corrected chi connectivity index (χ2v) is 6.55. The minimum atomic E-state index is 0. The van der Waals surface area contributed by atoms with Gasteiger partial charge in [0.15, 0.2) is 0 Å². The number of likely N-dealkylation sites (N-methyl/N-ethyl adjacent to an activating group) is 1. The summed E-state index contributed by atoms with van der Waals surface area (Å²) in [4.78, 5) is 14.4. The highest BCUT2D eigenvalue weighted by Crippen LogP contribution is 2.33. The van der Waals surface area contributed by atoms with Crippen molar-refractivity contribution in [2.45, 2.75) is 50.6 Å². The first-order chi connectivity index (χ1) is 10.2. The number of methoxy groups -OCH3 is 1. The SMILES string of the molecule is COCCN(C)CCCNC(=O)C1CC2CCCCC2N1.Cl.Cl. The van der Waals surface area contributed by atoms with E-state index in [1.54, 1.807) is 7.11 Å². The number of amides is 1. The van der Waals surface area contributed by atoms with Crippen LogP contribution in [-0.4, -0.2) is 63.3 Å². The molecule has 0 bridgehead atoms. The normalized spacial score (nSPS) is 26.1. The molecular formula is C16H33Cl2N3O2. The molecule has 1 aliphatic carbocycles. The maximum atomic E-state index is 12.2. The van der Waals surface area contributed by atoms with E-state index < -0.39 is 0 Å². The quantitative estimate of drug-likeness (QED) is 0.641. The summed E-state index contributed by atoms with van der Waals surface area (Å²) in [5.41, 5.74) is 0. The molecule has 0 aromatic rings. The van der Waals surface area contributed by atoms with Gasteiger partial charge in [0.1, 0.15) is 0 Å². The molecule has 1 amide bonds. The predicted octanol–water partition coefficient (Wildman–Crippen LogP) is 1.84. The van der Waals surface area contributed by atoms with E-state index in [9.17, 15) is 4.79 Å². The first-order valence-electron chi connectivity index (χ1n) is 8.42. The lowest BCUT2D eigenvalue weighted by molar-refractivity contribution is -0.122. The van der Waals surface area contributed by atoms with Crippen molar-refractivity contribution >= 4 is 30.7 Å². The number of hydrogen-bond donors (Lipinski definition) is 2. The molecule has 3 atom stereocenters. The zero-order valence-corrected chi connectivity index (χ0v) is 16.0. The molecule has 1 heterocycles. The molecule has 138 valence electrons. The van der Waals surface area contributed by atoms with Gasteiger partial charge in [-0.05, 0) is 45.2 Å². The Bertz CT molecular complexity index is 320. The maximum absolute atomic E-state index is 12.2. The van der Waals surface area contributed by atoms with Crippen LogP contribution in [0.25, 0.3) is 0 Å². The van der Waals surface area contributed by atoms with E-state index in [4.69, 9.17) is 4.74 Å². The number of rotatable bonds is 8. The fourth-order valence-corrected chi connectivity index (χ4v) is 3.56. The van der Waals surface area contributed by atoms with Gasteiger partial charge in [0.05, 0.1) is 12.6 Å². The largest absolute Gasteiger partial charge is 0.383 e. The van der Waals surface area contributed by atoms with Crippen molar-refractivity contribution in [3.63, 3.8) is 0 Å². The molecule has 5 nitrogen and oxygen atoms in total. The number of carbonyl (C=O) groups is 1. The topological polar surface area (TPSA) is 53.6 Å². The highest BCUT2D eigenvalue weighted by Gasteiger charge is 2.37. The first kappa shape index (κ1) is 22.9. The van der Waals surface area contributed by atoms with E-state index in [1.807, 2.05) is 0 Å². The summed E-state index contributed by atoms with van der Waals surface area (Å²) in [5.74, 6) is 0.929. The summed E-state index contributed by atoms with van der Waals surface area (Å²) in [6.07, 6.45) is 7.22. The van der Waals surface area contributed by atoms with Gasteiger partial charge in [0.2, 0.25) is 5.91 Å². The third-order valence-electron chi connectivity index (χ3n) is 4.87. The highest BCUT2D eigenvalue weighted by molar-refractivity contribution is 5.85. The highest BCUT2D eigenvalue weighted by atomic mass is 35.5. The molecule has 1 aliphatic heterocycles. The van der Waals surface area contributed by atoms with Crippen LogP contribution in [0.1, 0.15) is 38.5 Å². The number of nitrogens with one attached hydrogen (secondary N) is 2. The van der Waals surface area contributed by atoms with Crippen LogP contribution in [0.4, 0.5) is 0 Å². The molecule has 1 saturated carbocycles. The molecule has 2 rings (SSSR count). The molecule has 2 N–H and O–H groups in total. The number of nitrogens with zero attached hydrogens (tertiary/aromatic N) is 1. The van der Waals surface area contributed by atoms with Crippen LogP contribution >= 0.6 is 24.8 Å². The fourth-order valence-electron chi connectivity index (χ4n) is 3.56. The van der Waals surface area contributed by atoms with Gasteiger partial charge in [-0.25, -0.2) is 0 Å². The molecule has 2 fully saturated rings. The van der Waals surface area contributed by atoms with Crippen LogP contribution in [0.3, 0.4) is 0 Å². The average molecular weight is 370 g/mol. The van der Waals surface area contributed by atoms with Gasteiger partial charge in [-0.15, -0.1) is 24.8 Å². The number of carbonyl (C=O) groups excluding carboxylic acids is 1. The van der Waals surface area contributed by atoms with Crippen molar-refractivity contribution in [3.8, 4) is 0 Å². The first-order valence-corrected chi connectivity index (χ1v) is 8.42. The Kier molecular flexibility index (Phi) is 12.3. The van der Waals surface area contributed by atoms with Gasteiger partial charge in [-0.3, -0.25) is 4.79 Å². The van der Waals surface area contributed by atoms with E-state index in [-0.39, 0.29) is 36.8 Å². The van der Waals surface area contributed by atoms with Crippen molar-refractivity contribution in [2.24, 2.45) is 5.92 Å². The Morgan fingerprint density at radius 2 is 2.00 bits per heavy atom. The smallest absolute Gasteiger partial charge is 0.237 e. The molecule has 0 aromatic carbocycles. The summed E-state index contributed by atoms with van der Waals surface area (Å²) >= 11 is 0. The zero-order chi connectivity index (χ0) is 15.1. The maximum Gasteiger partial charge on any atom is 0.237 e. The van der Waals surface area contributed by atoms with Crippen LogP contribution in [0, 0.1) is 5.92 Å². The van der Waals surface area contributed by atoms with E-state index in [2.05, 4.69) is 22.6 Å². The van der Waals surface area contributed by atoms with Crippen molar-refractivity contribution in [3.05, 3.63) is 0 Å². The fraction of sp³-hybridized carbons (Fsp3) is 0.938. The molecule has 3 unspecified atom stereocenters. The molecule has 1 saturated heterocycles. The van der Waals surface area contributed by atoms with Gasteiger partial charge in [-0.2, -0.15) is 0 Å². The van der Waals surface area contributed by atoms with Gasteiger partial charge < -0.3 is 20.3 Å². The van der Waals surface area contributed by atoms with Crippen LogP contribution in [0.15, 0.2) is 0 Å². The van der Waals surface area contributed by atoms with Crippen molar-refractivity contribution < 1.29 is 9.53 Å². The predicted molar refractivity (Wildman–Crippen MR) is 98.8 cm³/mol. The Balaban J connectivity index is 0.00000242. The minimum Gasteiger partial charge on any atom is -0.383 e. The van der Waals surface area contributed by atoms with E-state index in [0.717, 1.165) is 45.0 Å². The molecule has 7 heteroatoms. The number of hydrogen-bond acceptors (Lipinski definition) is 4. The second-order valence-electron chi connectivity index (χ2n) is 6.55. The summed E-state index contributed by atoms with van der Waals surface area (Å²) < 4.78 is 5.05. The number of fused-ring (bicyclic) bond motifs is 1. The van der Waals surface area contributed by atoms with Gasteiger partial charge >= 0.3 is 0 Å². The van der Waals surface area contributed by atoms with Crippen LogP contribution in [0.5, 0.6) is 0 Å². The number of ether oxygens (including phenoxy) is 1. The third-order valence-corrected chi connectivity index (χ3v) is 4.87. The van der Waals surface area contributed by atoms with E-state index in [0.29, 0.717) is 6.04 Å². The monoisotopic (exact) mass is 369 g/mol. The van der Waals surface area contributed by atoms with Crippen LogP contribution in [-0.2, 0) is 9.53 Å². The molecule has 23 heavy (non-hydrogen) atoms. The molecule has 0 radical (unpaired) electrons. The van der Waals surface area contributed by atoms with Crippen molar-refractivity contribution in [1.29, 1.82) is 0 Å². The lowest BCUT2D eigenvalue weighted by Crippen LogP contribution is -2.43. The van der Waals surface area contributed by atoms with Crippen molar-refractivity contribution in [2.75, 3.05) is 40.4 Å². The second kappa shape index (κ2) is 12.3. The Morgan fingerprint density at radius 1 is 1.26 bits per heavy atom. The molecule has 0 aromatic heterocycles. The van der Waals surface area contributed by atoms with Crippen LogP contribution in [0.2, 0.25) is 0 Å². The Hall–Kier alpha value is -0.0700. The van der Waals surface area contributed by atoms with Crippen molar-refractivity contribution in [1.82, 2.24) is 15.5 Å². The summed E-state index contributed by atoms with van der Waals surface area (Å²) in [7, 11) is 3.81. The lowest BCUT2D eigenvalue weighted by Gasteiger charge is -2.24. The molecule has 2 aliphatic rings. The lowest BCUT2D eigenvalue weighted by atomic mass is 9.85. The van der Waals surface area contributed by atoms with Gasteiger partial charge in [-0.1, -0.05) is 12.8 Å². The summed E-state index contributed by atoms with van der Waals surface area (Å²) in [6.45, 7) is 3.46. The zero-order valence-electron chi connectivity index (χ0n) is 14.4. The summed E-state index contributed by atoms with van der Waals surface area (Å²) in [6, 6.07) is 0.638. The minimum absolute atomic E-state index is 0. The van der Waals surface area contributed by atoms with E-state index >= 15 is 0 Å². The number of halogens is 2. The standard InChI is InChI=1S/C16H31N3O2.2ClH/c1-19(10-11-21-2)9-5-8-17-16(20)15-12-13-6-3-4-7-14(13)18-15;;/h13-15,18H,3-12H2,1-2H3,(H,17,20);2*1H. The third kappa shape index (κ3) is 7.57.